The van der Waals surface area contributed by atoms with Crippen molar-refractivity contribution >= 4 is 0 Å². The van der Waals surface area contributed by atoms with Crippen LogP contribution >= 0.6 is 0 Å². The standard InChI is InChI=1S/C15H24O2/c1-10(2)12-8-7-11(3)14(17-6)13(12)15(4,5)9-16/h7-8,10,16H,9H2,1-6H3. The zero-order chi connectivity index (χ0) is 13.2. The summed E-state index contributed by atoms with van der Waals surface area (Å²) in [4.78, 5) is 0. The summed E-state index contributed by atoms with van der Waals surface area (Å²) in [6.07, 6.45) is 0. The molecule has 0 bridgehead atoms. The summed E-state index contributed by atoms with van der Waals surface area (Å²) in [7, 11) is 1.70. The monoisotopic (exact) mass is 236 g/mol. The van der Waals surface area contributed by atoms with Crippen LogP contribution in [-0.4, -0.2) is 18.8 Å². The molecule has 0 aliphatic rings. The molecule has 2 nitrogen and oxygen atoms in total. The Morgan fingerprint density at radius 2 is 1.88 bits per heavy atom. The number of ether oxygens (including phenoxy) is 1. The summed E-state index contributed by atoms with van der Waals surface area (Å²) in [5.41, 5.74) is 3.23. The van der Waals surface area contributed by atoms with Crippen LogP contribution in [0.1, 0.15) is 50.3 Å². The fourth-order valence-corrected chi connectivity index (χ4v) is 2.22. The smallest absolute Gasteiger partial charge is 0.125 e. The molecule has 17 heavy (non-hydrogen) atoms. The molecule has 1 rings (SSSR count). The molecule has 0 spiro atoms. The Kier molecular flexibility index (Phi) is 4.21. The lowest BCUT2D eigenvalue weighted by Gasteiger charge is -2.30. The number of benzene rings is 1. The van der Waals surface area contributed by atoms with Crippen LogP contribution in [0.25, 0.3) is 0 Å². The van der Waals surface area contributed by atoms with Gasteiger partial charge in [0.1, 0.15) is 5.75 Å². The maximum Gasteiger partial charge on any atom is 0.125 e. The maximum absolute atomic E-state index is 9.61. The van der Waals surface area contributed by atoms with Crippen molar-refractivity contribution in [1.82, 2.24) is 0 Å². The molecule has 0 unspecified atom stereocenters. The van der Waals surface area contributed by atoms with E-state index in [9.17, 15) is 5.11 Å². The Hall–Kier alpha value is -1.02. The number of hydrogen-bond donors (Lipinski definition) is 1. The van der Waals surface area contributed by atoms with Gasteiger partial charge in [0.25, 0.3) is 0 Å². The van der Waals surface area contributed by atoms with E-state index < -0.39 is 0 Å². The number of aliphatic hydroxyl groups is 1. The first-order chi connectivity index (χ1) is 7.85. The predicted octanol–water partition coefficient (Wildman–Crippen LogP) is 3.40. The van der Waals surface area contributed by atoms with E-state index in [0.717, 1.165) is 16.9 Å². The van der Waals surface area contributed by atoms with Gasteiger partial charge in [0.05, 0.1) is 13.7 Å². The maximum atomic E-state index is 9.61. The van der Waals surface area contributed by atoms with Gasteiger partial charge in [-0.25, -0.2) is 0 Å². The second-order valence-electron chi connectivity index (χ2n) is 5.58. The molecule has 1 aromatic rings. The Bertz CT molecular complexity index is 392. The topological polar surface area (TPSA) is 29.5 Å². The van der Waals surface area contributed by atoms with E-state index in [4.69, 9.17) is 4.74 Å². The lowest BCUT2D eigenvalue weighted by molar-refractivity contribution is 0.213. The third-order valence-corrected chi connectivity index (χ3v) is 3.28. The van der Waals surface area contributed by atoms with Gasteiger partial charge in [-0.15, -0.1) is 0 Å². The average molecular weight is 236 g/mol. The minimum atomic E-state index is -0.281. The van der Waals surface area contributed by atoms with E-state index in [1.54, 1.807) is 7.11 Å². The lowest BCUT2D eigenvalue weighted by atomic mass is 9.78. The molecule has 1 N–H and O–H groups in total. The molecule has 0 radical (unpaired) electrons. The summed E-state index contributed by atoms with van der Waals surface area (Å²) >= 11 is 0. The zero-order valence-corrected chi connectivity index (χ0v) is 11.8. The van der Waals surface area contributed by atoms with Crippen molar-refractivity contribution < 1.29 is 9.84 Å². The minimum absolute atomic E-state index is 0.118. The van der Waals surface area contributed by atoms with Crippen LogP contribution < -0.4 is 4.74 Å². The Morgan fingerprint density at radius 1 is 1.29 bits per heavy atom. The van der Waals surface area contributed by atoms with Crippen molar-refractivity contribution in [3.63, 3.8) is 0 Å². The van der Waals surface area contributed by atoms with E-state index in [1.165, 1.54) is 5.56 Å². The first kappa shape index (κ1) is 14.0. The number of hydrogen-bond acceptors (Lipinski definition) is 2. The van der Waals surface area contributed by atoms with Gasteiger partial charge >= 0.3 is 0 Å². The van der Waals surface area contributed by atoms with Crippen LogP contribution in [0.3, 0.4) is 0 Å². The Balaban J connectivity index is 3.55. The molecule has 1 aromatic carbocycles. The van der Waals surface area contributed by atoms with E-state index in [0.29, 0.717) is 5.92 Å². The molecule has 0 atom stereocenters. The van der Waals surface area contributed by atoms with Crippen molar-refractivity contribution in [2.75, 3.05) is 13.7 Å². The van der Waals surface area contributed by atoms with Crippen LogP contribution in [0.4, 0.5) is 0 Å². The Morgan fingerprint density at radius 3 is 2.29 bits per heavy atom. The average Bonchev–Trinajstić information content (AvgIpc) is 2.28. The molecule has 0 aliphatic heterocycles. The van der Waals surface area contributed by atoms with E-state index in [2.05, 4.69) is 39.8 Å². The summed E-state index contributed by atoms with van der Waals surface area (Å²) in [5, 5.41) is 9.61. The third-order valence-electron chi connectivity index (χ3n) is 3.28. The third kappa shape index (κ3) is 2.63. The molecule has 0 heterocycles. The number of aliphatic hydroxyl groups excluding tert-OH is 1. The molecule has 0 aliphatic carbocycles. The molecular formula is C15H24O2. The van der Waals surface area contributed by atoms with Crippen LogP contribution in [0.2, 0.25) is 0 Å². The second kappa shape index (κ2) is 5.09. The van der Waals surface area contributed by atoms with Crippen LogP contribution in [0, 0.1) is 6.92 Å². The number of rotatable bonds is 4. The molecule has 0 aromatic heterocycles. The highest BCUT2D eigenvalue weighted by atomic mass is 16.5. The van der Waals surface area contributed by atoms with Gasteiger partial charge in [-0.2, -0.15) is 0 Å². The van der Waals surface area contributed by atoms with Crippen molar-refractivity contribution in [3.8, 4) is 5.75 Å². The van der Waals surface area contributed by atoms with Crippen LogP contribution in [0.5, 0.6) is 5.75 Å². The molecule has 96 valence electrons. The predicted molar refractivity (Wildman–Crippen MR) is 71.9 cm³/mol. The first-order valence-electron chi connectivity index (χ1n) is 6.14. The van der Waals surface area contributed by atoms with Gasteiger partial charge in [-0.3, -0.25) is 0 Å². The summed E-state index contributed by atoms with van der Waals surface area (Å²) < 4.78 is 5.54. The highest BCUT2D eigenvalue weighted by Gasteiger charge is 2.28. The summed E-state index contributed by atoms with van der Waals surface area (Å²) in [5.74, 6) is 1.33. The lowest BCUT2D eigenvalue weighted by Crippen LogP contribution is -2.25. The van der Waals surface area contributed by atoms with E-state index in [-0.39, 0.29) is 12.0 Å². The van der Waals surface area contributed by atoms with Crippen LogP contribution in [0.15, 0.2) is 12.1 Å². The van der Waals surface area contributed by atoms with Crippen molar-refractivity contribution in [1.29, 1.82) is 0 Å². The summed E-state index contributed by atoms with van der Waals surface area (Å²) in [6.45, 7) is 10.6. The highest BCUT2D eigenvalue weighted by Crippen LogP contribution is 2.39. The van der Waals surface area contributed by atoms with Gasteiger partial charge in [0.15, 0.2) is 0 Å². The second-order valence-corrected chi connectivity index (χ2v) is 5.58. The SMILES string of the molecule is COc1c(C)ccc(C(C)C)c1C(C)(C)CO. The highest BCUT2D eigenvalue weighted by molar-refractivity contribution is 5.51. The largest absolute Gasteiger partial charge is 0.496 e. The number of aryl methyl sites for hydroxylation is 1. The first-order valence-corrected chi connectivity index (χ1v) is 6.14. The summed E-state index contributed by atoms with van der Waals surface area (Å²) in [6, 6.07) is 4.24. The fourth-order valence-electron chi connectivity index (χ4n) is 2.22. The van der Waals surface area contributed by atoms with Crippen molar-refractivity contribution in [3.05, 3.63) is 28.8 Å². The quantitative estimate of drug-likeness (QED) is 0.868. The van der Waals surface area contributed by atoms with Gasteiger partial charge in [-0.1, -0.05) is 39.8 Å². The van der Waals surface area contributed by atoms with Gasteiger partial charge in [0, 0.05) is 11.0 Å². The molecule has 0 saturated heterocycles. The zero-order valence-electron chi connectivity index (χ0n) is 11.8. The van der Waals surface area contributed by atoms with Gasteiger partial charge in [-0.05, 0) is 24.0 Å². The fraction of sp³-hybridized carbons (Fsp3) is 0.600. The van der Waals surface area contributed by atoms with Crippen LogP contribution in [-0.2, 0) is 5.41 Å². The Labute approximate surface area is 105 Å². The normalized spacial score (nSPS) is 12.0. The minimum Gasteiger partial charge on any atom is -0.496 e. The molecular weight excluding hydrogens is 212 g/mol. The molecule has 0 saturated carbocycles. The van der Waals surface area contributed by atoms with E-state index in [1.807, 2.05) is 6.92 Å². The van der Waals surface area contributed by atoms with E-state index >= 15 is 0 Å². The van der Waals surface area contributed by atoms with Gasteiger partial charge in [0.2, 0.25) is 0 Å². The van der Waals surface area contributed by atoms with Crippen molar-refractivity contribution in [2.45, 2.75) is 46.0 Å². The van der Waals surface area contributed by atoms with Crippen molar-refractivity contribution in [2.24, 2.45) is 0 Å². The number of methoxy groups -OCH3 is 1. The molecule has 0 fully saturated rings. The van der Waals surface area contributed by atoms with Gasteiger partial charge < -0.3 is 9.84 Å². The molecule has 0 amide bonds. The molecule has 2 heteroatoms.